The number of hydrogen-bond acceptors (Lipinski definition) is 5. The summed E-state index contributed by atoms with van der Waals surface area (Å²) >= 11 is 0. The van der Waals surface area contributed by atoms with E-state index < -0.39 is 0 Å². The summed E-state index contributed by atoms with van der Waals surface area (Å²) in [5.41, 5.74) is 2.79. The van der Waals surface area contributed by atoms with Crippen molar-refractivity contribution in [3.05, 3.63) is 53.3 Å². The highest BCUT2D eigenvalue weighted by atomic mass is 16.5. The molecular formula is C19H21N5O2. The van der Waals surface area contributed by atoms with Crippen LogP contribution in [0.1, 0.15) is 59.4 Å². The number of aromatic amines is 1. The Kier molecular flexibility index (Phi) is 4.51. The number of nitrogens with one attached hydrogen (secondary N) is 2. The Bertz CT molecular complexity index is 894. The third-order valence-corrected chi connectivity index (χ3v) is 4.82. The molecule has 1 aliphatic rings. The second kappa shape index (κ2) is 7.11. The Hall–Kier alpha value is -2.96. The third-order valence-electron chi connectivity index (χ3n) is 4.82. The van der Waals surface area contributed by atoms with Crippen molar-refractivity contribution in [2.45, 2.75) is 45.1 Å². The molecule has 0 saturated heterocycles. The molecule has 1 fully saturated rings. The normalized spacial score (nSPS) is 14.7. The Labute approximate surface area is 151 Å². The third kappa shape index (κ3) is 3.24. The van der Waals surface area contributed by atoms with Crippen LogP contribution in [0.5, 0.6) is 0 Å². The monoisotopic (exact) mass is 351 g/mol. The van der Waals surface area contributed by atoms with Crippen LogP contribution in [0.25, 0.3) is 11.3 Å². The molecular weight excluding hydrogens is 330 g/mol. The van der Waals surface area contributed by atoms with E-state index in [-0.39, 0.29) is 12.5 Å². The average molecular weight is 351 g/mol. The van der Waals surface area contributed by atoms with Gasteiger partial charge in [0.05, 0.1) is 12.1 Å². The molecule has 7 nitrogen and oxygen atoms in total. The van der Waals surface area contributed by atoms with Gasteiger partial charge in [0.15, 0.2) is 5.82 Å². The number of carbonyl (C=O) groups is 1. The number of rotatable bonds is 5. The van der Waals surface area contributed by atoms with Gasteiger partial charge < -0.3 is 9.84 Å². The lowest BCUT2D eigenvalue weighted by molar-refractivity contribution is 0.0949. The van der Waals surface area contributed by atoms with Crippen molar-refractivity contribution in [3.63, 3.8) is 0 Å². The summed E-state index contributed by atoms with van der Waals surface area (Å²) in [5.74, 6) is 1.36. The Morgan fingerprint density at radius 1 is 1.27 bits per heavy atom. The molecule has 0 bridgehead atoms. The number of hydrogen-bond donors (Lipinski definition) is 2. The van der Waals surface area contributed by atoms with Crippen LogP contribution in [0.15, 0.2) is 34.9 Å². The van der Waals surface area contributed by atoms with E-state index in [1.54, 1.807) is 0 Å². The zero-order valence-corrected chi connectivity index (χ0v) is 14.7. The highest BCUT2D eigenvalue weighted by Gasteiger charge is 2.24. The van der Waals surface area contributed by atoms with E-state index in [4.69, 9.17) is 4.52 Å². The van der Waals surface area contributed by atoms with E-state index in [1.165, 1.54) is 12.8 Å². The van der Waals surface area contributed by atoms with Gasteiger partial charge in [-0.05, 0) is 19.8 Å². The average Bonchev–Trinajstić information content (AvgIpc) is 3.40. The maximum atomic E-state index is 12.7. The van der Waals surface area contributed by atoms with Gasteiger partial charge in [-0.3, -0.25) is 9.89 Å². The Morgan fingerprint density at radius 3 is 2.81 bits per heavy atom. The van der Waals surface area contributed by atoms with Gasteiger partial charge >= 0.3 is 0 Å². The molecule has 1 aliphatic carbocycles. The fourth-order valence-corrected chi connectivity index (χ4v) is 3.44. The second-order valence-electron chi connectivity index (χ2n) is 6.65. The summed E-state index contributed by atoms with van der Waals surface area (Å²) in [6, 6.07) is 9.63. The minimum Gasteiger partial charge on any atom is -0.344 e. The van der Waals surface area contributed by atoms with Crippen molar-refractivity contribution in [2.75, 3.05) is 0 Å². The molecule has 134 valence electrons. The van der Waals surface area contributed by atoms with Gasteiger partial charge in [-0.25, -0.2) is 0 Å². The van der Waals surface area contributed by atoms with Crippen molar-refractivity contribution in [1.82, 2.24) is 25.7 Å². The number of carbonyl (C=O) groups excluding carboxylic acids is 1. The van der Waals surface area contributed by atoms with Gasteiger partial charge in [-0.15, -0.1) is 0 Å². The first kappa shape index (κ1) is 16.5. The maximum absolute atomic E-state index is 12.7. The second-order valence-corrected chi connectivity index (χ2v) is 6.65. The van der Waals surface area contributed by atoms with Gasteiger partial charge in [-0.1, -0.05) is 48.3 Å². The maximum Gasteiger partial charge on any atom is 0.255 e. The first-order valence-electron chi connectivity index (χ1n) is 8.93. The quantitative estimate of drug-likeness (QED) is 0.735. The van der Waals surface area contributed by atoms with Crippen molar-refractivity contribution in [1.29, 1.82) is 0 Å². The predicted octanol–water partition coefficient (Wildman–Crippen LogP) is 3.36. The van der Waals surface area contributed by atoms with Gasteiger partial charge in [0, 0.05) is 17.2 Å². The lowest BCUT2D eigenvalue weighted by atomic mass is 10.1. The molecule has 3 aromatic rings. The van der Waals surface area contributed by atoms with E-state index in [0.717, 1.165) is 24.1 Å². The molecule has 1 saturated carbocycles. The molecule has 2 heterocycles. The highest BCUT2D eigenvalue weighted by Crippen LogP contribution is 2.32. The molecule has 26 heavy (non-hydrogen) atoms. The lowest BCUT2D eigenvalue weighted by Crippen LogP contribution is -2.24. The van der Waals surface area contributed by atoms with Crippen molar-refractivity contribution >= 4 is 5.91 Å². The summed E-state index contributed by atoms with van der Waals surface area (Å²) in [6.07, 6.45) is 4.62. The van der Waals surface area contributed by atoms with Gasteiger partial charge in [0.25, 0.3) is 5.91 Å². The lowest BCUT2D eigenvalue weighted by Gasteiger charge is -2.05. The fourth-order valence-electron chi connectivity index (χ4n) is 3.44. The molecule has 0 aliphatic heterocycles. The standard InChI is InChI=1S/C19H21N5O2/c1-12-16(17(23-22-12)13-7-3-2-4-8-13)18(25)20-11-15-21-19(26-24-15)14-9-5-6-10-14/h2-4,7-8,14H,5-6,9-11H2,1H3,(H,20,25)(H,22,23). The van der Waals surface area contributed by atoms with E-state index in [1.807, 2.05) is 37.3 Å². The number of amides is 1. The smallest absolute Gasteiger partial charge is 0.255 e. The number of aryl methyl sites for hydroxylation is 1. The van der Waals surface area contributed by atoms with Crippen LogP contribution in [-0.4, -0.2) is 26.2 Å². The zero-order valence-electron chi connectivity index (χ0n) is 14.7. The molecule has 0 radical (unpaired) electrons. The van der Waals surface area contributed by atoms with Crippen molar-refractivity contribution < 1.29 is 9.32 Å². The van der Waals surface area contributed by atoms with Crippen LogP contribution in [0.4, 0.5) is 0 Å². The number of H-pyrrole nitrogens is 1. The molecule has 0 spiro atoms. The van der Waals surface area contributed by atoms with Gasteiger partial charge in [-0.2, -0.15) is 10.1 Å². The minimum absolute atomic E-state index is 0.206. The van der Waals surface area contributed by atoms with Crippen LogP contribution in [0.2, 0.25) is 0 Å². The van der Waals surface area contributed by atoms with Crippen LogP contribution < -0.4 is 5.32 Å². The molecule has 1 amide bonds. The summed E-state index contributed by atoms with van der Waals surface area (Å²) in [5, 5.41) is 14.0. The topological polar surface area (TPSA) is 96.7 Å². The summed E-state index contributed by atoms with van der Waals surface area (Å²) in [6.45, 7) is 2.06. The van der Waals surface area contributed by atoms with Crippen LogP contribution in [0, 0.1) is 6.92 Å². The van der Waals surface area contributed by atoms with Crippen molar-refractivity contribution in [2.24, 2.45) is 0 Å². The Balaban J connectivity index is 1.47. The molecule has 0 unspecified atom stereocenters. The minimum atomic E-state index is -0.206. The van der Waals surface area contributed by atoms with Crippen LogP contribution >= 0.6 is 0 Å². The first-order valence-corrected chi connectivity index (χ1v) is 8.93. The van der Waals surface area contributed by atoms with E-state index in [9.17, 15) is 4.79 Å². The largest absolute Gasteiger partial charge is 0.344 e. The SMILES string of the molecule is Cc1[nH]nc(-c2ccccc2)c1C(=O)NCc1noc(C2CCCC2)n1. The highest BCUT2D eigenvalue weighted by molar-refractivity contribution is 6.00. The predicted molar refractivity (Wildman–Crippen MR) is 95.4 cm³/mol. The molecule has 1 aromatic carbocycles. The number of aromatic nitrogens is 4. The summed E-state index contributed by atoms with van der Waals surface area (Å²) < 4.78 is 5.36. The molecule has 0 atom stereocenters. The van der Waals surface area contributed by atoms with E-state index in [0.29, 0.717) is 28.9 Å². The molecule has 7 heteroatoms. The van der Waals surface area contributed by atoms with Gasteiger partial charge in [0.1, 0.15) is 5.69 Å². The zero-order chi connectivity index (χ0) is 17.9. The number of nitrogens with zero attached hydrogens (tertiary/aromatic N) is 3. The molecule has 2 N–H and O–H groups in total. The number of benzene rings is 1. The Morgan fingerprint density at radius 2 is 2.04 bits per heavy atom. The summed E-state index contributed by atoms with van der Waals surface area (Å²) in [7, 11) is 0. The van der Waals surface area contributed by atoms with Crippen LogP contribution in [-0.2, 0) is 6.54 Å². The summed E-state index contributed by atoms with van der Waals surface area (Å²) in [4.78, 5) is 17.1. The molecule has 2 aromatic heterocycles. The molecule has 4 rings (SSSR count). The van der Waals surface area contributed by atoms with E-state index in [2.05, 4.69) is 25.7 Å². The van der Waals surface area contributed by atoms with Gasteiger partial charge in [0.2, 0.25) is 5.89 Å². The van der Waals surface area contributed by atoms with Crippen LogP contribution in [0.3, 0.4) is 0 Å². The van der Waals surface area contributed by atoms with E-state index >= 15 is 0 Å². The first-order chi connectivity index (χ1) is 12.7. The fraction of sp³-hybridized carbons (Fsp3) is 0.368. The van der Waals surface area contributed by atoms with Crippen molar-refractivity contribution in [3.8, 4) is 11.3 Å².